The third-order valence-electron chi connectivity index (χ3n) is 2.40. The summed E-state index contributed by atoms with van der Waals surface area (Å²) in [6, 6.07) is 11.5. The lowest BCUT2D eigenvalue weighted by Crippen LogP contribution is -2.11. The Balaban J connectivity index is 2.04. The Hall–Kier alpha value is -1.22. The van der Waals surface area contributed by atoms with Gasteiger partial charge in [-0.1, -0.05) is 46.9 Å². The lowest BCUT2D eigenvalue weighted by molar-refractivity contribution is 0.0921. The molecule has 0 fully saturated rings. The fourth-order valence-corrected chi connectivity index (χ4v) is 2.13. The van der Waals surface area contributed by atoms with Crippen molar-refractivity contribution in [3.05, 3.63) is 63.1 Å². The molecule has 0 aliphatic heterocycles. The maximum Gasteiger partial charge on any atom is 0.200 e. The van der Waals surface area contributed by atoms with Gasteiger partial charge < -0.3 is 4.74 Å². The van der Waals surface area contributed by atoms with Crippen LogP contribution >= 0.6 is 34.8 Å². The largest absolute Gasteiger partial charge is 0.484 e. The highest BCUT2D eigenvalue weighted by Crippen LogP contribution is 2.27. The van der Waals surface area contributed by atoms with Crippen molar-refractivity contribution >= 4 is 40.6 Å². The van der Waals surface area contributed by atoms with Crippen LogP contribution in [0.25, 0.3) is 0 Å². The van der Waals surface area contributed by atoms with Crippen LogP contribution in [0.15, 0.2) is 42.5 Å². The number of carbonyl (C=O) groups excluding carboxylic acids is 1. The van der Waals surface area contributed by atoms with E-state index in [1.54, 1.807) is 42.5 Å². The summed E-state index contributed by atoms with van der Waals surface area (Å²) in [5.41, 5.74) is 0.498. The highest BCUT2D eigenvalue weighted by atomic mass is 35.5. The standard InChI is InChI=1S/C14H9Cl3O2/c15-10-3-1-2-9(6-10)13(18)8-19-14-5-4-11(16)7-12(14)17/h1-7H,8H2. The van der Waals surface area contributed by atoms with Gasteiger partial charge in [-0.3, -0.25) is 4.79 Å². The summed E-state index contributed by atoms with van der Waals surface area (Å²) in [6.45, 7) is -0.109. The Bertz CT molecular complexity index is 611. The molecular formula is C14H9Cl3O2. The average Bonchev–Trinajstić information content (AvgIpc) is 2.37. The predicted octanol–water partition coefficient (Wildman–Crippen LogP) is 4.91. The van der Waals surface area contributed by atoms with Crippen LogP contribution in [-0.2, 0) is 0 Å². The van der Waals surface area contributed by atoms with E-state index in [4.69, 9.17) is 39.5 Å². The van der Waals surface area contributed by atoms with Gasteiger partial charge in [0.15, 0.2) is 12.4 Å². The van der Waals surface area contributed by atoms with Crippen molar-refractivity contribution in [2.45, 2.75) is 0 Å². The smallest absolute Gasteiger partial charge is 0.200 e. The van der Waals surface area contributed by atoms with Gasteiger partial charge in [0, 0.05) is 15.6 Å². The van der Waals surface area contributed by atoms with Crippen LogP contribution in [0.2, 0.25) is 15.1 Å². The third-order valence-corrected chi connectivity index (χ3v) is 3.16. The summed E-state index contributed by atoms with van der Waals surface area (Å²) in [5, 5.41) is 1.39. The van der Waals surface area contributed by atoms with Gasteiger partial charge in [0.25, 0.3) is 0 Å². The molecule has 0 amide bonds. The molecule has 2 nitrogen and oxygen atoms in total. The molecule has 0 N–H and O–H groups in total. The van der Waals surface area contributed by atoms with E-state index in [0.717, 1.165) is 0 Å². The normalized spacial score (nSPS) is 10.3. The fourth-order valence-electron chi connectivity index (χ4n) is 1.48. The molecule has 0 spiro atoms. The first-order valence-electron chi connectivity index (χ1n) is 5.43. The Labute approximate surface area is 125 Å². The van der Waals surface area contributed by atoms with Gasteiger partial charge in [0.05, 0.1) is 5.02 Å². The monoisotopic (exact) mass is 314 g/mol. The number of halogens is 3. The van der Waals surface area contributed by atoms with Crippen molar-refractivity contribution < 1.29 is 9.53 Å². The lowest BCUT2D eigenvalue weighted by Gasteiger charge is -2.07. The average molecular weight is 316 g/mol. The molecule has 2 rings (SSSR count). The van der Waals surface area contributed by atoms with Crippen molar-refractivity contribution in [2.24, 2.45) is 0 Å². The highest BCUT2D eigenvalue weighted by molar-refractivity contribution is 6.35. The number of Topliss-reactive ketones (excluding diaryl/α,β-unsaturated/α-hetero) is 1. The maximum atomic E-state index is 11.9. The van der Waals surface area contributed by atoms with Gasteiger partial charge >= 0.3 is 0 Å². The van der Waals surface area contributed by atoms with Crippen molar-refractivity contribution in [1.82, 2.24) is 0 Å². The molecule has 0 radical (unpaired) electrons. The van der Waals surface area contributed by atoms with E-state index in [1.807, 2.05) is 0 Å². The highest BCUT2D eigenvalue weighted by Gasteiger charge is 2.09. The number of ether oxygens (including phenoxy) is 1. The van der Waals surface area contributed by atoms with Gasteiger partial charge in [0.2, 0.25) is 0 Å². The predicted molar refractivity (Wildman–Crippen MR) is 77.7 cm³/mol. The molecule has 5 heteroatoms. The Kier molecular flexibility index (Phi) is 4.70. The minimum absolute atomic E-state index is 0.109. The number of ketones is 1. The molecule has 0 heterocycles. The summed E-state index contributed by atoms with van der Waals surface area (Å²) in [6.07, 6.45) is 0. The van der Waals surface area contributed by atoms with Gasteiger partial charge in [0.1, 0.15) is 5.75 Å². The first-order chi connectivity index (χ1) is 9.06. The Morgan fingerprint density at radius 3 is 2.42 bits per heavy atom. The minimum atomic E-state index is -0.173. The Morgan fingerprint density at radius 1 is 1.00 bits per heavy atom. The van der Waals surface area contributed by atoms with Crippen molar-refractivity contribution in [3.63, 3.8) is 0 Å². The van der Waals surface area contributed by atoms with E-state index in [2.05, 4.69) is 0 Å². The molecule has 98 valence electrons. The number of rotatable bonds is 4. The van der Waals surface area contributed by atoms with Gasteiger partial charge in [-0.25, -0.2) is 0 Å². The van der Waals surface area contributed by atoms with E-state index >= 15 is 0 Å². The van der Waals surface area contributed by atoms with E-state index < -0.39 is 0 Å². The van der Waals surface area contributed by atoms with Crippen molar-refractivity contribution in [2.75, 3.05) is 6.61 Å². The van der Waals surface area contributed by atoms with Crippen LogP contribution in [0, 0.1) is 0 Å². The second kappa shape index (κ2) is 6.29. The summed E-state index contributed by atoms with van der Waals surface area (Å²) < 4.78 is 5.36. The molecule has 0 bridgehead atoms. The molecule has 0 unspecified atom stereocenters. The minimum Gasteiger partial charge on any atom is -0.484 e. The van der Waals surface area contributed by atoms with Crippen LogP contribution in [0.1, 0.15) is 10.4 Å². The summed E-state index contributed by atoms with van der Waals surface area (Å²) >= 11 is 17.5. The van der Waals surface area contributed by atoms with Crippen LogP contribution in [-0.4, -0.2) is 12.4 Å². The fraction of sp³-hybridized carbons (Fsp3) is 0.0714. The van der Waals surface area contributed by atoms with E-state index in [-0.39, 0.29) is 12.4 Å². The first-order valence-corrected chi connectivity index (χ1v) is 6.56. The van der Waals surface area contributed by atoms with Gasteiger partial charge in [-0.2, -0.15) is 0 Å². The van der Waals surface area contributed by atoms with Crippen LogP contribution in [0.3, 0.4) is 0 Å². The summed E-state index contributed by atoms with van der Waals surface area (Å²) in [4.78, 5) is 11.9. The molecule has 2 aromatic carbocycles. The first kappa shape index (κ1) is 14.2. The lowest BCUT2D eigenvalue weighted by atomic mass is 10.1. The molecule has 0 aliphatic carbocycles. The zero-order valence-electron chi connectivity index (χ0n) is 9.70. The molecular weight excluding hydrogens is 307 g/mol. The van der Waals surface area contributed by atoms with Gasteiger partial charge in [-0.05, 0) is 30.3 Å². The van der Waals surface area contributed by atoms with E-state index in [1.165, 1.54) is 0 Å². The molecule has 0 atom stereocenters. The summed E-state index contributed by atoms with van der Waals surface area (Å²) in [5.74, 6) is 0.245. The van der Waals surface area contributed by atoms with Crippen LogP contribution < -0.4 is 4.74 Å². The molecule has 0 saturated carbocycles. The third kappa shape index (κ3) is 3.87. The number of hydrogen-bond donors (Lipinski definition) is 0. The quantitative estimate of drug-likeness (QED) is 0.749. The SMILES string of the molecule is O=C(COc1ccc(Cl)cc1Cl)c1cccc(Cl)c1. The molecule has 2 aromatic rings. The number of hydrogen-bond acceptors (Lipinski definition) is 2. The van der Waals surface area contributed by atoms with Crippen molar-refractivity contribution in [3.8, 4) is 5.75 Å². The molecule has 0 saturated heterocycles. The molecule has 0 aromatic heterocycles. The second-order valence-electron chi connectivity index (χ2n) is 3.80. The number of carbonyl (C=O) groups is 1. The van der Waals surface area contributed by atoms with E-state index in [9.17, 15) is 4.79 Å². The topological polar surface area (TPSA) is 26.3 Å². The maximum absolute atomic E-state index is 11.9. The molecule has 19 heavy (non-hydrogen) atoms. The molecule has 0 aliphatic rings. The van der Waals surface area contributed by atoms with E-state index in [0.29, 0.717) is 26.4 Å². The van der Waals surface area contributed by atoms with Crippen LogP contribution in [0.5, 0.6) is 5.75 Å². The number of benzene rings is 2. The van der Waals surface area contributed by atoms with Crippen molar-refractivity contribution in [1.29, 1.82) is 0 Å². The second-order valence-corrected chi connectivity index (χ2v) is 5.08. The van der Waals surface area contributed by atoms with Crippen LogP contribution in [0.4, 0.5) is 0 Å². The van der Waals surface area contributed by atoms with Gasteiger partial charge in [-0.15, -0.1) is 0 Å². The zero-order chi connectivity index (χ0) is 13.8. The zero-order valence-corrected chi connectivity index (χ0v) is 12.0. The Morgan fingerprint density at radius 2 is 1.74 bits per heavy atom. The summed E-state index contributed by atoms with van der Waals surface area (Å²) in [7, 11) is 0.